The number of aryl methyl sites for hydroxylation is 1. The van der Waals surface area contributed by atoms with Crippen molar-refractivity contribution in [3.63, 3.8) is 0 Å². The second kappa shape index (κ2) is 8.85. The predicted molar refractivity (Wildman–Crippen MR) is 138 cm³/mol. The molecule has 0 amide bonds. The van der Waals surface area contributed by atoms with Crippen LogP contribution in [0.15, 0.2) is 47.0 Å². The van der Waals surface area contributed by atoms with Crippen LogP contribution in [0.3, 0.4) is 0 Å². The summed E-state index contributed by atoms with van der Waals surface area (Å²) >= 11 is 0. The first kappa shape index (κ1) is 22.9. The van der Waals surface area contributed by atoms with Crippen molar-refractivity contribution >= 4 is 32.3 Å². The number of anilines is 2. The lowest BCUT2D eigenvalue weighted by molar-refractivity contribution is 0.312. The molecule has 0 radical (unpaired) electrons. The van der Waals surface area contributed by atoms with Crippen LogP contribution in [0.5, 0.6) is 5.75 Å². The van der Waals surface area contributed by atoms with Crippen LogP contribution in [0.1, 0.15) is 49.9 Å². The largest absolute Gasteiger partial charge is 0.493 e. The molecular formula is C26H29N5O4S. The predicted octanol–water partition coefficient (Wildman–Crippen LogP) is 4.83. The second-order valence-electron chi connectivity index (χ2n) is 9.65. The summed E-state index contributed by atoms with van der Waals surface area (Å²) in [6.07, 6.45) is 5.40. The van der Waals surface area contributed by atoms with Gasteiger partial charge in [-0.1, -0.05) is 17.3 Å². The van der Waals surface area contributed by atoms with E-state index in [0.29, 0.717) is 36.5 Å². The Kier molecular flexibility index (Phi) is 5.63. The number of rotatable bonds is 9. The monoisotopic (exact) mass is 507 g/mol. The number of fused-ring (bicyclic) bond motifs is 1. The normalized spacial score (nSPS) is 16.2. The van der Waals surface area contributed by atoms with Crippen LogP contribution in [0.25, 0.3) is 22.2 Å². The number of sulfonamides is 1. The Morgan fingerprint density at radius 3 is 2.56 bits per heavy atom. The highest BCUT2D eigenvalue weighted by Crippen LogP contribution is 2.45. The van der Waals surface area contributed by atoms with Crippen molar-refractivity contribution in [2.24, 2.45) is 0 Å². The molecule has 0 bridgehead atoms. The van der Waals surface area contributed by atoms with Crippen LogP contribution in [0.2, 0.25) is 0 Å². The molecule has 188 valence electrons. The van der Waals surface area contributed by atoms with Gasteiger partial charge in [0.15, 0.2) is 5.82 Å². The molecule has 2 aliphatic carbocycles. The van der Waals surface area contributed by atoms with Crippen molar-refractivity contribution in [2.45, 2.75) is 56.7 Å². The Hall–Kier alpha value is -3.53. The first-order valence-corrected chi connectivity index (χ1v) is 13.9. The minimum atomic E-state index is -3.30. The third-order valence-electron chi connectivity index (χ3n) is 7.00. The zero-order chi connectivity index (χ0) is 24.9. The molecular weight excluding hydrogens is 478 g/mol. The summed E-state index contributed by atoms with van der Waals surface area (Å²) in [5.41, 5.74) is 11.0. The summed E-state index contributed by atoms with van der Waals surface area (Å²) < 4.78 is 40.7. The highest BCUT2D eigenvalue weighted by Gasteiger charge is 2.35. The van der Waals surface area contributed by atoms with Crippen LogP contribution in [-0.4, -0.2) is 35.0 Å². The minimum absolute atomic E-state index is 0.262. The molecule has 0 unspecified atom stereocenters. The zero-order valence-electron chi connectivity index (χ0n) is 20.1. The van der Waals surface area contributed by atoms with E-state index in [1.807, 2.05) is 42.5 Å². The molecule has 0 atom stereocenters. The van der Waals surface area contributed by atoms with Gasteiger partial charge in [-0.25, -0.2) is 8.42 Å². The van der Waals surface area contributed by atoms with Crippen molar-refractivity contribution in [3.05, 3.63) is 54.2 Å². The maximum atomic E-state index is 12.3. The van der Waals surface area contributed by atoms with Crippen LogP contribution in [0, 0.1) is 6.92 Å². The smallest absolute Gasteiger partial charge is 0.235 e. The maximum Gasteiger partial charge on any atom is 0.235 e. The van der Waals surface area contributed by atoms with Gasteiger partial charge in [0.1, 0.15) is 5.75 Å². The van der Waals surface area contributed by atoms with E-state index < -0.39 is 10.0 Å². The van der Waals surface area contributed by atoms with Gasteiger partial charge < -0.3 is 19.6 Å². The van der Waals surface area contributed by atoms with Gasteiger partial charge in [0.2, 0.25) is 15.9 Å². The fraction of sp³-hybridized carbons (Fsp3) is 0.385. The van der Waals surface area contributed by atoms with Crippen LogP contribution >= 0.6 is 0 Å². The number of aromatic nitrogens is 3. The number of nitrogens with two attached hydrogens (primary N) is 1. The summed E-state index contributed by atoms with van der Waals surface area (Å²) in [7, 11) is -3.30. The van der Waals surface area contributed by atoms with Gasteiger partial charge in [0.05, 0.1) is 28.8 Å². The molecule has 36 heavy (non-hydrogen) atoms. The standard InChI is InChI=1S/C26H29N5O4S/c1-16-28-24(29-35-16)13-14-34-20-9-12-22-23(15-20)31(19-3-2-4-19)26(25(22)27)17-5-7-18(8-6-17)30-36(32,33)21-10-11-21/h5-9,12,15,19,21,30H,2-4,10-11,13-14,27H2,1H3. The van der Waals surface area contributed by atoms with E-state index in [1.54, 1.807) is 6.92 Å². The number of nitrogens with one attached hydrogen (secondary N) is 1. The van der Waals surface area contributed by atoms with Gasteiger partial charge in [-0.05, 0) is 56.4 Å². The van der Waals surface area contributed by atoms with E-state index >= 15 is 0 Å². The van der Waals surface area contributed by atoms with Crippen molar-refractivity contribution in [2.75, 3.05) is 17.1 Å². The number of nitrogens with zero attached hydrogens (tertiary/aromatic N) is 3. The van der Waals surface area contributed by atoms with E-state index in [9.17, 15) is 8.42 Å². The third-order valence-corrected chi connectivity index (χ3v) is 8.87. The first-order valence-electron chi connectivity index (χ1n) is 12.4. The highest BCUT2D eigenvalue weighted by atomic mass is 32.2. The van der Waals surface area contributed by atoms with Gasteiger partial charge in [-0.3, -0.25) is 4.72 Å². The van der Waals surface area contributed by atoms with Gasteiger partial charge >= 0.3 is 0 Å². The summed E-state index contributed by atoms with van der Waals surface area (Å²) in [5.74, 6) is 1.93. The van der Waals surface area contributed by atoms with E-state index in [1.165, 1.54) is 6.42 Å². The highest BCUT2D eigenvalue weighted by molar-refractivity contribution is 7.93. The molecule has 2 heterocycles. The van der Waals surface area contributed by atoms with E-state index in [-0.39, 0.29) is 5.25 Å². The maximum absolute atomic E-state index is 12.3. The number of hydrogen-bond donors (Lipinski definition) is 2. The zero-order valence-corrected chi connectivity index (χ0v) is 20.9. The average molecular weight is 508 g/mol. The molecule has 0 aliphatic heterocycles. The van der Waals surface area contributed by atoms with Crippen molar-refractivity contribution in [3.8, 4) is 17.0 Å². The molecule has 3 N–H and O–H groups in total. The van der Waals surface area contributed by atoms with Crippen LogP contribution in [0.4, 0.5) is 11.4 Å². The molecule has 2 aromatic heterocycles. The first-order chi connectivity index (χ1) is 17.4. The van der Waals surface area contributed by atoms with Crippen molar-refractivity contribution in [1.29, 1.82) is 0 Å². The number of ether oxygens (including phenoxy) is 1. The molecule has 2 saturated carbocycles. The van der Waals surface area contributed by atoms with Crippen molar-refractivity contribution in [1.82, 2.24) is 14.7 Å². The van der Waals surface area contributed by atoms with Gasteiger partial charge in [0, 0.05) is 42.1 Å². The Morgan fingerprint density at radius 1 is 1.14 bits per heavy atom. The molecule has 2 aliphatic rings. The Bertz CT molecular complexity index is 1520. The Morgan fingerprint density at radius 2 is 1.92 bits per heavy atom. The molecule has 4 aromatic rings. The molecule has 2 fully saturated rings. The Balaban J connectivity index is 1.30. The minimum Gasteiger partial charge on any atom is -0.493 e. The Labute approximate surface area is 209 Å². The summed E-state index contributed by atoms with van der Waals surface area (Å²) in [6, 6.07) is 13.9. The average Bonchev–Trinajstić information content (AvgIpc) is 3.56. The lowest BCUT2D eigenvalue weighted by Crippen LogP contribution is -2.18. The van der Waals surface area contributed by atoms with E-state index in [4.69, 9.17) is 15.0 Å². The van der Waals surface area contributed by atoms with Gasteiger partial charge in [0.25, 0.3) is 0 Å². The number of benzene rings is 2. The van der Waals surface area contributed by atoms with E-state index in [2.05, 4.69) is 19.4 Å². The molecule has 6 rings (SSSR count). The topological polar surface area (TPSA) is 125 Å². The van der Waals surface area contributed by atoms with Crippen molar-refractivity contribution < 1.29 is 17.7 Å². The fourth-order valence-corrected chi connectivity index (χ4v) is 6.14. The molecule has 10 heteroatoms. The van der Waals surface area contributed by atoms with Gasteiger partial charge in [-0.15, -0.1) is 0 Å². The fourth-order valence-electron chi connectivity index (χ4n) is 4.75. The molecule has 9 nitrogen and oxygen atoms in total. The second-order valence-corrected chi connectivity index (χ2v) is 11.6. The van der Waals surface area contributed by atoms with Crippen LogP contribution in [-0.2, 0) is 16.4 Å². The SMILES string of the molecule is Cc1nc(CCOc2ccc3c(N)c(-c4ccc(NS(=O)(=O)C5CC5)cc4)n(C4CCC4)c3c2)no1. The lowest BCUT2D eigenvalue weighted by Gasteiger charge is -2.30. The van der Waals surface area contributed by atoms with E-state index in [0.717, 1.165) is 59.3 Å². The molecule has 2 aromatic carbocycles. The van der Waals surface area contributed by atoms with Crippen LogP contribution < -0.4 is 15.2 Å². The summed E-state index contributed by atoms with van der Waals surface area (Å²) in [4.78, 5) is 4.22. The third kappa shape index (κ3) is 4.30. The molecule has 0 spiro atoms. The number of hydrogen-bond acceptors (Lipinski definition) is 7. The summed E-state index contributed by atoms with van der Waals surface area (Å²) in [6.45, 7) is 2.21. The van der Waals surface area contributed by atoms with Gasteiger partial charge in [-0.2, -0.15) is 4.98 Å². The molecule has 0 saturated heterocycles. The number of nitrogen functional groups attached to an aromatic ring is 1. The quantitative estimate of drug-likeness (QED) is 0.332. The summed E-state index contributed by atoms with van der Waals surface area (Å²) in [5, 5.41) is 4.63. The lowest BCUT2D eigenvalue weighted by atomic mass is 9.92.